The van der Waals surface area contributed by atoms with Crippen molar-refractivity contribution in [1.82, 2.24) is 9.97 Å². The molecule has 0 amide bonds. The van der Waals surface area contributed by atoms with Gasteiger partial charge in [0, 0.05) is 11.3 Å². The van der Waals surface area contributed by atoms with Gasteiger partial charge in [0.2, 0.25) is 0 Å². The van der Waals surface area contributed by atoms with Gasteiger partial charge >= 0.3 is 6.01 Å². The summed E-state index contributed by atoms with van der Waals surface area (Å²) >= 11 is 0. The molecule has 3 aromatic rings. The van der Waals surface area contributed by atoms with Crippen LogP contribution in [0.3, 0.4) is 0 Å². The van der Waals surface area contributed by atoms with Crippen LogP contribution in [0.25, 0.3) is 0 Å². The van der Waals surface area contributed by atoms with Gasteiger partial charge in [0.25, 0.3) is 0 Å². The zero-order valence-electron chi connectivity index (χ0n) is 14.9. The number of aldehydes is 1. The van der Waals surface area contributed by atoms with E-state index < -0.39 is 0 Å². The molecule has 0 aliphatic carbocycles. The Balaban J connectivity index is 1.87. The molecule has 3 rings (SSSR count). The summed E-state index contributed by atoms with van der Waals surface area (Å²) in [7, 11) is 0. The Kier molecular flexibility index (Phi) is 4.99. The molecule has 3 N–H and O–H groups in total. The molecule has 0 fully saturated rings. The van der Waals surface area contributed by atoms with Crippen LogP contribution in [0.2, 0.25) is 0 Å². The summed E-state index contributed by atoms with van der Waals surface area (Å²) in [5.41, 5.74) is 9.79. The lowest BCUT2D eigenvalue weighted by atomic mass is 10.1. The Morgan fingerprint density at radius 2 is 1.85 bits per heavy atom. The maximum Gasteiger partial charge on any atom is 0.324 e. The lowest BCUT2D eigenvalue weighted by molar-refractivity contribution is 0.112. The lowest BCUT2D eigenvalue weighted by Crippen LogP contribution is -2.03. The van der Waals surface area contributed by atoms with Crippen molar-refractivity contribution in [3.8, 4) is 17.8 Å². The minimum Gasteiger partial charge on any atom is -0.424 e. The van der Waals surface area contributed by atoms with E-state index in [1.165, 1.54) is 6.20 Å². The second-order valence-electron chi connectivity index (χ2n) is 5.97. The van der Waals surface area contributed by atoms with Crippen molar-refractivity contribution in [3.63, 3.8) is 0 Å². The van der Waals surface area contributed by atoms with Crippen LogP contribution in [-0.2, 0) is 0 Å². The van der Waals surface area contributed by atoms with E-state index in [1.807, 2.05) is 13.8 Å². The number of nitrogens with two attached hydrogens (primary N) is 1. The number of carbonyl (C=O) groups excluding carboxylic acids is 1. The highest BCUT2D eigenvalue weighted by Crippen LogP contribution is 2.30. The third-order valence-corrected chi connectivity index (χ3v) is 3.88. The summed E-state index contributed by atoms with van der Waals surface area (Å²) < 4.78 is 5.83. The van der Waals surface area contributed by atoms with Gasteiger partial charge in [0.1, 0.15) is 12.0 Å². The molecule has 27 heavy (non-hydrogen) atoms. The van der Waals surface area contributed by atoms with Crippen LogP contribution in [0.4, 0.5) is 17.2 Å². The third kappa shape index (κ3) is 4.02. The Hall–Kier alpha value is -3.92. The van der Waals surface area contributed by atoms with Crippen LogP contribution >= 0.6 is 0 Å². The number of ether oxygens (including phenoxy) is 1. The zero-order chi connectivity index (χ0) is 19.4. The van der Waals surface area contributed by atoms with Gasteiger partial charge in [-0.1, -0.05) is 0 Å². The summed E-state index contributed by atoms with van der Waals surface area (Å²) in [6.45, 7) is 3.70. The molecule has 1 aromatic heterocycles. The first kappa shape index (κ1) is 17.9. The molecule has 0 radical (unpaired) electrons. The van der Waals surface area contributed by atoms with Crippen molar-refractivity contribution in [1.29, 1.82) is 5.26 Å². The highest BCUT2D eigenvalue weighted by Gasteiger charge is 2.12. The number of aryl methyl sites for hydroxylation is 2. The van der Waals surface area contributed by atoms with Crippen LogP contribution in [0.5, 0.6) is 11.8 Å². The van der Waals surface area contributed by atoms with E-state index in [0.717, 1.165) is 23.1 Å². The number of nitrogens with zero attached hydrogens (tertiary/aromatic N) is 3. The Labute approximate surface area is 156 Å². The molecule has 0 spiro atoms. The van der Waals surface area contributed by atoms with Crippen molar-refractivity contribution < 1.29 is 9.53 Å². The summed E-state index contributed by atoms with van der Waals surface area (Å²) in [5.74, 6) is 0.985. The average Bonchev–Trinajstić information content (AvgIpc) is 2.67. The molecule has 1 heterocycles. The van der Waals surface area contributed by atoms with Crippen molar-refractivity contribution in [2.24, 2.45) is 0 Å². The molecule has 134 valence electrons. The Morgan fingerprint density at radius 1 is 1.19 bits per heavy atom. The standard InChI is InChI=1S/C20H17N5O2/c1-12-7-15(11-26)8-13(2)18(12)27-20-23-10-17(22)19(25-20)24-16-5-3-14(9-21)4-6-16/h3-8,10-11H,22H2,1-2H3,(H,23,24,25). The SMILES string of the molecule is Cc1cc(C=O)cc(C)c1Oc1ncc(N)c(Nc2ccc(C#N)cc2)n1. The molecule has 7 nitrogen and oxygen atoms in total. The molecular formula is C20H17N5O2. The maximum atomic E-state index is 11.0. The normalized spacial score (nSPS) is 10.1. The van der Waals surface area contributed by atoms with E-state index in [0.29, 0.717) is 28.4 Å². The zero-order valence-corrected chi connectivity index (χ0v) is 14.9. The van der Waals surface area contributed by atoms with Gasteiger partial charge in [0.15, 0.2) is 5.82 Å². The number of hydrogen-bond donors (Lipinski definition) is 2. The van der Waals surface area contributed by atoms with Crippen LogP contribution in [0, 0.1) is 25.2 Å². The van der Waals surface area contributed by atoms with Crippen LogP contribution < -0.4 is 15.8 Å². The summed E-state index contributed by atoms with van der Waals surface area (Å²) in [6.07, 6.45) is 2.25. The van der Waals surface area contributed by atoms with Crippen molar-refractivity contribution >= 4 is 23.5 Å². The monoisotopic (exact) mass is 359 g/mol. The van der Waals surface area contributed by atoms with E-state index in [2.05, 4.69) is 21.4 Å². The first-order valence-electron chi connectivity index (χ1n) is 8.14. The van der Waals surface area contributed by atoms with Gasteiger partial charge in [-0.25, -0.2) is 4.98 Å². The maximum absolute atomic E-state index is 11.0. The van der Waals surface area contributed by atoms with Gasteiger partial charge in [-0.2, -0.15) is 10.2 Å². The first-order chi connectivity index (χ1) is 13.0. The topological polar surface area (TPSA) is 114 Å². The van der Waals surface area contributed by atoms with E-state index >= 15 is 0 Å². The van der Waals surface area contributed by atoms with E-state index in [9.17, 15) is 4.79 Å². The number of carbonyl (C=O) groups is 1. The van der Waals surface area contributed by atoms with Crippen LogP contribution in [-0.4, -0.2) is 16.3 Å². The number of aromatic nitrogens is 2. The number of nitrogens with one attached hydrogen (secondary N) is 1. The summed E-state index contributed by atoms with van der Waals surface area (Å²) in [5, 5.41) is 12.0. The molecule has 0 aliphatic heterocycles. The predicted octanol–water partition coefficient (Wildman–Crippen LogP) is 3.90. The number of nitriles is 1. The minimum atomic E-state index is 0.130. The third-order valence-electron chi connectivity index (χ3n) is 3.88. The highest BCUT2D eigenvalue weighted by atomic mass is 16.5. The molecule has 7 heteroatoms. The number of benzene rings is 2. The fraction of sp³-hybridized carbons (Fsp3) is 0.100. The van der Waals surface area contributed by atoms with E-state index in [4.69, 9.17) is 15.7 Å². The van der Waals surface area contributed by atoms with Crippen molar-refractivity contribution in [2.45, 2.75) is 13.8 Å². The predicted molar refractivity (Wildman–Crippen MR) is 102 cm³/mol. The molecule has 2 aromatic carbocycles. The molecule has 0 atom stereocenters. The summed E-state index contributed by atoms with van der Waals surface area (Å²) in [4.78, 5) is 19.4. The largest absolute Gasteiger partial charge is 0.424 e. The number of nitrogen functional groups attached to an aromatic ring is 1. The molecular weight excluding hydrogens is 342 g/mol. The lowest BCUT2D eigenvalue weighted by Gasteiger charge is -2.13. The van der Waals surface area contributed by atoms with Crippen LogP contribution in [0.15, 0.2) is 42.6 Å². The van der Waals surface area contributed by atoms with Crippen molar-refractivity contribution in [3.05, 3.63) is 64.8 Å². The van der Waals surface area contributed by atoms with E-state index in [-0.39, 0.29) is 6.01 Å². The molecule has 0 saturated heterocycles. The second-order valence-corrected chi connectivity index (χ2v) is 5.97. The number of anilines is 3. The number of rotatable bonds is 5. The first-order valence-corrected chi connectivity index (χ1v) is 8.14. The van der Waals surface area contributed by atoms with Crippen LogP contribution in [0.1, 0.15) is 27.0 Å². The fourth-order valence-electron chi connectivity index (χ4n) is 2.59. The quantitative estimate of drug-likeness (QED) is 0.664. The smallest absolute Gasteiger partial charge is 0.324 e. The second kappa shape index (κ2) is 7.54. The van der Waals surface area contributed by atoms with Gasteiger partial charge in [-0.05, 0) is 61.4 Å². The highest BCUT2D eigenvalue weighted by molar-refractivity contribution is 5.76. The van der Waals surface area contributed by atoms with E-state index in [1.54, 1.807) is 36.4 Å². The minimum absolute atomic E-state index is 0.130. The number of hydrogen-bond acceptors (Lipinski definition) is 7. The van der Waals surface area contributed by atoms with Gasteiger partial charge < -0.3 is 15.8 Å². The van der Waals surface area contributed by atoms with Crippen molar-refractivity contribution in [2.75, 3.05) is 11.1 Å². The molecule has 0 bridgehead atoms. The van der Waals surface area contributed by atoms with Gasteiger partial charge in [0.05, 0.1) is 23.5 Å². The summed E-state index contributed by atoms with van der Waals surface area (Å²) in [6, 6.07) is 12.6. The molecule has 0 saturated carbocycles. The average molecular weight is 359 g/mol. The Bertz CT molecular complexity index is 1020. The fourth-order valence-corrected chi connectivity index (χ4v) is 2.59. The van der Waals surface area contributed by atoms with Gasteiger partial charge in [-0.15, -0.1) is 0 Å². The Morgan fingerprint density at radius 3 is 2.44 bits per heavy atom. The molecule has 0 aliphatic rings. The molecule has 0 unspecified atom stereocenters. The van der Waals surface area contributed by atoms with Gasteiger partial charge in [-0.3, -0.25) is 4.79 Å².